The number of aromatic nitrogens is 3. The third-order valence-corrected chi connectivity index (χ3v) is 4.41. The Morgan fingerprint density at radius 3 is 2.89 bits per heavy atom. The number of fused-ring (bicyclic) bond motifs is 1. The van der Waals surface area contributed by atoms with Crippen molar-refractivity contribution in [2.75, 3.05) is 13.1 Å². The summed E-state index contributed by atoms with van der Waals surface area (Å²) in [6, 6.07) is 0. The molecule has 1 atom stereocenters. The van der Waals surface area contributed by atoms with Crippen LogP contribution in [0.4, 0.5) is 0 Å². The molecule has 1 aliphatic rings. The fourth-order valence-corrected chi connectivity index (χ4v) is 2.85. The number of hydrogen-bond acceptors (Lipinski definition) is 4. The summed E-state index contributed by atoms with van der Waals surface area (Å²) >= 11 is 0. The van der Waals surface area contributed by atoms with E-state index in [2.05, 4.69) is 33.5 Å². The molecule has 1 aliphatic heterocycles. The molecule has 0 aromatic carbocycles. The molecule has 0 aliphatic carbocycles. The minimum absolute atomic E-state index is 0.102. The van der Waals surface area contributed by atoms with E-state index in [9.17, 15) is 0 Å². The first-order valence-corrected chi connectivity index (χ1v) is 7.51. The molecule has 1 unspecified atom stereocenters. The maximum atomic E-state index is 6.06. The molecule has 0 bridgehead atoms. The van der Waals surface area contributed by atoms with Crippen LogP contribution in [-0.2, 0) is 13.1 Å². The van der Waals surface area contributed by atoms with Crippen LogP contribution in [0.1, 0.15) is 51.8 Å². The van der Waals surface area contributed by atoms with Gasteiger partial charge in [0.1, 0.15) is 12.2 Å². The van der Waals surface area contributed by atoms with Crippen molar-refractivity contribution in [3.8, 4) is 0 Å². The standard InChI is InChI=1S/C14H27N5/c1-3-4-5-6-7-14(2,11-15)19-9-8-18-12-16-17-13(18)10-19/h12H,3-11,15H2,1-2H3. The fourth-order valence-electron chi connectivity index (χ4n) is 2.85. The molecule has 1 aromatic rings. The Morgan fingerprint density at radius 1 is 1.32 bits per heavy atom. The maximum Gasteiger partial charge on any atom is 0.147 e. The highest BCUT2D eigenvalue weighted by Gasteiger charge is 2.32. The lowest BCUT2D eigenvalue weighted by Gasteiger charge is -2.42. The van der Waals surface area contributed by atoms with Crippen molar-refractivity contribution in [1.29, 1.82) is 0 Å². The second-order valence-corrected chi connectivity index (χ2v) is 5.87. The summed E-state index contributed by atoms with van der Waals surface area (Å²) in [6.07, 6.45) is 8.20. The monoisotopic (exact) mass is 265 g/mol. The number of nitrogens with two attached hydrogens (primary N) is 1. The van der Waals surface area contributed by atoms with Crippen LogP contribution in [0.5, 0.6) is 0 Å². The molecule has 108 valence electrons. The molecule has 2 N–H and O–H groups in total. The molecule has 0 amide bonds. The van der Waals surface area contributed by atoms with Crippen LogP contribution < -0.4 is 5.73 Å². The second-order valence-electron chi connectivity index (χ2n) is 5.87. The van der Waals surface area contributed by atoms with E-state index in [-0.39, 0.29) is 5.54 Å². The van der Waals surface area contributed by atoms with Gasteiger partial charge in [-0.25, -0.2) is 0 Å². The number of nitrogens with zero attached hydrogens (tertiary/aromatic N) is 4. The average Bonchev–Trinajstić information content (AvgIpc) is 2.90. The van der Waals surface area contributed by atoms with Gasteiger partial charge in [-0.3, -0.25) is 4.90 Å². The van der Waals surface area contributed by atoms with E-state index in [1.54, 1.807) is 0 Å². The summed E-state index contributed by atoms with van der Waals surface area (Å²) in [7, 11) is 0. The van der Waals surface area contributed by atoms with Crippen LogP contribution in [0.3, 0.4) is 0 Å². The molecule has 19 heavy (non-hydrogen) atoms. The van der Waals surface area contributed by atoms with Gasteiger partial charge in [-0.05, 0) is 13.3 Å². The van der Waals surface area contributed by atoms with Gasteiger partial charge < -0.3 is 10.3 Å². The summed E-state index contributed by atoms with van der Waals surface area (Å²) < 4.78 is 2.14. The molecular weight excluding hydrogens is 238 g/mol. The van der Waals surface area contributed by atoms with E-state index >= 15 is 0 Å². The summed E-state index contributed by atoms with van der Waals surface area (Å²) in [5.74, 6) is 1.07. The van der Waals surface area contributed by atoms with Crippen molar-refractivity contribution in [2.24, 2.45) is 5.73 Å². The molecule has 0 fully saturated rings. The van der Waals surface area contributed by atoms with Gasteiger partial charge in [0, 0.05) is 25.2 Å². The van der Waals surface area contributed by atoms with Crippen molar-refractivity contribution in [2.45, 2.75) is 64.6 Å². The van der Waals surface area contributed by atoms with Crippen LogP contribution >= 0.6 is 0 Å². The summed E-state index contributed by atoms with van der Waals surface area (Å²) in [6.45, 7) is 8.17. The Kier molecular flexibility index (Phi) is 4.93. The highest BCUT2D eigenvalue weighted by Crippen LogP contribution is 2.25. The van der Waals surface area contributed by atoms with E-state index in [1.807, 2.05) is 6.33 Å². The van der Waals surface area contributed by atoms with Gasteiger partial charge in [0.2, 0.25) is 0 Å². The zero-order chi connectivity index (χ0) is 13.7. The summed E-state index contributed by atoms with van der Waals surface area (Å²) in [5.41, 5.74) is 6.17. The van der Waals surface area contributed by atoms with Crippen LogP contribution in [0.25, 0.3) is 0 Å². The van der Waals surface area contributed by atoms with Crippen molar-refractivity contribution >= 4 is 0 Å². The largest absolute Gasteiger partial charge is 0.329 e. The Morgan fingerprint density at radius 2 is 2.16 bits per heavy atom. The van der Waals surface area contributed by atoms with Gasteiger partial charge in [0.05, 0.1) is 6.54 Å². The van der Waals surface area contributed by atoms with E-state index in [0.29, 0.717) is 6.54 Å². The fraction of sp³-hybridized carbons (Fsp3) is 0.857. The zero-order valence-corrected chi connectivity index (χ0v) is 12.3. The highest BCUT2D eigenvalue weighted by atomic mass is 15.3. The lowest BCUT2D eigenvalue weighted by molar-refractivity contribution is 0.0677. The molecule has 2 rings (SSSR count). The van der Waals surface area contributed by atoms with Crippen molar-refractivity contribution in [1.82, 2.24) is 19.7 Å². The van der Waals surface area contributed by atoms with Crippen molar-refractivity contribution in [3.63, 3.8) is 0 Å². The quantitative estimate of drug-likeness (QED) is 0.763. The zero-order valence-electron chi connectivity index (χ0n) is 12.3. The smallest absolute Gasteiger partial charge is 0.147 e. The molecule has 5 nitrogen and oxygen atoms in total. The van der Waals surface area contributed by atoms with E-state index in [4.69, 9.17) is 5.73 Å². The predicted octanol–water partition coefficient (Wildman–Crippen LogP) is 1.78. The van der Waals surface area contributed by atoms with E-state index in [1.165, 1.54) is 32.1 Å². The third kappa shape index (κ3) is 3.34. The molecule has 5 heteroatoms. The van der Waals surface area contributed by atoms with Gasteiger partial charge in [0.15, 0.2) is 0 Å². The van der Waals surface area contributed by atoms with Crippen LogP contribution in [-0.4, -0.2) is 38.3 Å². The summed E-state index contributed by atoms with van der Waals surface area (Å²) in [4.78, 5) is 2.49. The van der Waals surface area contributed by atoms with Gasteiger partial charge in [0.25, 0.3) is 0 Å². The molecule has 1 aromatic heterocycles. The first-order chi connectivity index (χ1) is 9.19. The highest BCUT2D eigenvalue weighted by molar-refractivity contribution is 4.96. The lowest BCUT2D eigenvalue weighted by atomic mass is 9.91. The van der Waals surface area contributed by atoms with Crippen LogP contribution in [0.15, 0.2) is 6.33 Å². The topological polar surface area (TPSA) is 60.0 Å². The van der Waals surface area contributed by atoms with Gasteiger partial charge in [-0.2, -0.15) is 0 Å². The van der Waals surface area contributed by atoms with E-state index in [0.717, 1.165) is 25.5 Å². The molecule has 0 radical (unpaired) electrons. The molecular formula is C14H27N5. The Balaban J connectivity index is 1.93. The Bertz CT molecular complexity index is 389. The average molecular weight is 265 g/mol. The van der Waals surface area contributed by atoms with Gasteiger partial charge >= 0.3 is 0 Å². The lowest BCUT2D eigenvalue weighted by Crippen LogP contribution is -2.54. The van der Waals surface area contributed by atoms with Crippen molar-refractivity contribution in [3.05, 3.63) is 12.2 Å². The molecule has 0 saturated carbocycles. The first-order valence-electron chi connectivity index (χ1n) is 7.51. The molecule has 2 heterocycles. The number of unbranched alkanes of at least 4 members (excludes halogenated alkanes) is 3. The summed E-state index contributed by atoms with van der Waals surface area (Å²) in [5, 5.41) is 8.18. The SMILES string of the molecule is CCCCCCC(C)(CN)N1CCn2cnnc2C1. The van der Waals surface area contributed by atoms with Gasteiger partial charge in [-0.15, -0.1) is 10.2 Å². The van der Waals surface area contributed by atoms with Gasteiger partial charge in [-0.1, -0.05) is 32.6 Å². The minimum atomic E-state index is 0.102. The first kappa shape index (κ1) is 14.5. The molecule has 0 saturated heterocycles. The second kappa shape index (κ2) is 6.48. The Hall–Kier alpha value is -0.940. The normalized spacial score (nSPS) is 19.1. The number of hydrogen-bond donors (Lipinski definition) is 1. The minimum Gasteiger partial charge on any atom is -0.329 e. The van der Waals surface area contributed by atoms with E-state index < -0.39 is 0 Å². The molecule has 0 spiro atoms. The third-order valence-electron chi connectivity index (χ3n) is 4.41. The predicted molar refractivity (Wildman–Crippen MR) is 76.7 cm³/mol. The van der Waals surface area contributed by atoms with Crippen LogP contribution in [0.2, 0.25) is 0 Å². The number of rotatable bonds is 7. The Labute approximate surface area is 116 Å². The van der Waals surface area contributed by atoms with Crippen LogP contribution in [0, 0.1) is 0 Å². The van der Waals surface area contributed by atoms with Crippen molar-refractivity contribution < 1.29 is 0 Å². The maximum absolute atomic E-state index is 6.06.